The van der Waals surface area contributed by atoms with Crippen LogP contribution >= 0.6 is 11.6 Å². The van der Waals surface area contributed by atoms with Gasteiger partial charge in [0.05, 0.1) is 23.5 Å². The Bertz CT molecular complexity index is 632. The summed E-state index contributed by atoms with van der Waals surface area (Å²) in [6.07, 6.45) is -1.45. The van der Waals surface area contributed by atoms with E-state index in [1.165, 1.54) is 6.08 Å². The summed E-state index contributed by atoms with van der Waals surface area (Å²) in [6, 6.07) is 3.48. The van der Waals surface area contributed by atoms with Crippen LogP contribution in [0.1, 0.15) is 31.5 Å². The highest BCUT2D eigenvalue weighted by molar-refractivity contribution is 6.32. The van der Waals surface area contributed by atoms with Crippen LogP contribution in [0.2, 0.25) is 0 Å². The number of aromatic nitrogens is 1. The summed E-state index contributed by atoms with van der Waals surface area (Å²) in [7, 11) is 1.12. The second-order valence-electron chi connectivity index (χ2n) is 4.76. The lowest BCUT2D eigenvalue weighted by molar-refractivity contribution is -0.0918. The third-order valence-corrected chi connectivity index (χ3v) is 3.21. The molecule has 126 valence electrons. The number of halogens is 4. The standard InChI is InChI=1S/C16H18ClF3N2O/c1-5-6-12(17)14(16(18,19)20)15(23-4)22-11(3)13-8-7-10(2)9-21-13/h6-9H,5H2,1-4H3/b12-6-,15-14-,22-11?. The monoisotopic (exact) mass is 346 g/mol. The molecule has 0 N–H and O–H groups in total. The Labute approximate surface area is 138 Å². The lowest BCUT2D eigenvalue weighted by Gasteiger charge is -2.14. The maximum absolute atomic E-state index is 13.3. The van der Waals surface area contributed by atoms with Gasteiger partial charge in [0.2, 0.25) is 5.88 Å². The number of aryl methyl sites for hydroxylation is 1. The number of alkyl halides is 3. The van der Waals surface area contributed by atoms with E-state index >= 15 is 0 Å². The fraction of sp³-hybridized carbons (Fsp3) is 0.375. The van der Waals surface area contributed by atoms with Crippen LogP contribution in [0, 0.1) is 6.92 Å². The summed E-state index contributed by atoms with van der Waals surface area (Å²) in [6.45, 7) is 5.11. The number of ether oxygens (including phenoxy) is 1. The predicted octanol–water partition coefficient (Wildman–Crippen LogP) is 5.15. The van der Waals surface area contributed by atoms with Gasteiger partial charge < -0.3 is 4.74 Å². The summed E-state index contributed by atoms with van der Waals surface area (Å²) >= 11 is 5.77. The summed E-state index contributed by atoms with van der Waals surface area (Å²) in [5.41, 5.74) is 0.593. The van der Waals surface area contributed by atoms with Gasteiger partial charge in [0, 0.05) is 6.20 Å². The molecule has 1 rings (SSSR count). The highest BCUT2D eigenvalue weighted by atomic mass is 35.5. The van der Waals surface area contributed by atoms with E-state index in [0.29, 0.717) is 17.8 Å². The Morgan fingerprint density at radius 3 is 2.48 bits per heavy atom. The Morgan fingerprint density at radius 1 is 1.39 bits per heavy atom. The number of methoxy groups -OCH3 is 1. The Balaban J connectivity index is 3.43. The second-order valence-corrected chi connectivity index (χ2v) is 5.17. The zero-order chi connectivity index (χ0) is 17.6. The molecule has 0 aliphatic rings. The van der Waals surface area contributed by atoms with Crippen molar-refractivity contribution in [2.45, 2.75) is 33.4 Å². The quantitative estimate of drug-likeness (QED) is 0.419. The predicted molar refractivity (Wildman–Crippen MR) is 85.5 cm³/mol. The number of allylic oxidation sites excluding steroid dienone is 3. The third kappa shape index (κ3) is 5.39. The molecule has 0 aliphatic carbocycles. The molecule has 0 spiro atoms. The van der Waals surface area contributed by atoms with Crippen molar-refractivity contribution in [3.63, 3.8) is 0 Å². The number of aliphatic imine (C=N–C) groups is 1. The molecular formula is C16H18ClF3N2O. The van der Waals surface area contributed by atoms with Crippen LogP contribution in [0.3, 0.4) is 0 Å². The molecule has 0 amide bonds. The van der Waals surface area contributed by atoms with E-state index < -0.39 is 22.7 Å². The molecule has 0 fully saturated rings. The van der Waals surface area contributed by atoms with Gasteiger partial charge >= 0.3 is 6.18 Å². The van der Waals surface area contributed by atoms with Crippen LogP contribution in [-0.2, 0) is 4.74 Å². The summed E-state index contributed by atoms with van der Waals surface area (Å²) in [4.78, 5) is 8.06. The van der Waals surface area contributed by atoms with Crippen molar-refractivity contribution in [2.75, 3.05) is 7.11 Å². The first-order chi connectivity index (χ1) is 10.7. The topological polar surface area (TPSA) is 34.5 Å². The van der Waals surface area contributed by atoms with Crippen molar-refractivity contribution >= 4 is 17.3 Å². The highest BCUT2D eigenvalue weighted by Crippen LogP contribution is 2.36. The van der Waals surface area contributed by atoms with E-state index in [4.69, 9.17) is 16.3 Å². The zero-order valence-corrected chi connectivity index (χ0v) is 14.1. The molecule has 1 heterocycles. The average molecular weight is 347 g/mol. The van der Waals surface area contributed by atoms with Gasteiger partial charge in [-0.3, -0.25) is 4.98 Å². The average Bonchev–Trinajstić information content (AvgIpc) is 2.45. The summed E-state index contributed by atoms with van der Waals surface area (Å²) < 4.78 is 44.7. The molecule has 0 saturated heterocycles. The minimum Gasteiger partial charge on any atom is -0.481 e. The van der Waals surface area contributed by atoms with Crippen LogP contribution in [0.4, 0.5) is 13.2 Å². The molecule has 0 aliphatic heterocycles. The first kappa shape index (κ1) is 19.2. The fourth-order valence-corrected chi connectivity index (χ4v) is 2.08. The van der Waals surface area contributed by atoms with Crippen LogP contribution in [0.25, 0.3) is 0 Å². The molecule has 3 nitrogen and oxygen atoms in total. The SMILES string of the molecule is CC/C=C(Cl)/C(=C(\N=C(C)c1ccc(C)cn1)OC)C(F)(F)F. The number of rotatable bonds is 5. The minimum atomic E-state index is -4.68. The van der Waals surface area contributed by atoms with Gasteiger partial charge in [-0.1, -0.05) is 30.7 Å². The first-order valence-electron chi connectivity index (χ1n) is 6.90. The van der Waals surface area contributed by atoms with Crippen molar-refractivity contribution < 1.29 is 17.9 Å². The first-order valence-corrected chi connectivity index (χ1v) is 7.28. The van der Waals surface area contributed by atoms with Crippen molar-refractivity contribution in [2.24, 2.45) is 4.99 Å². The molecule has 0 radical (unpaired) electrons. The van der Waals surface area contributed by atoms with E-state index in [0.717, 1.165) is 12.7 Å². The van der Waals surface area contributed by atoms with Gasteiger partial charge in [0.15, 0.2) is 0 Å². The molecule has 7 heteroatoms. The van der Waals surface area contributed by atoms with Gasteiger partial charge in [-0.15, -0.1) is 0 Å². The minimum absolute atomic E-state index is 0.296. The normalized spacial score (nSPS) is 14.6. The molecular weight excluding hydrogens is 329 g/mol. The number of nitrogens with zero attached hydrogens (tertiary/aromatic N) is 2. The largest absolute Gasteiger partial charge is 0.481 e. The van der Waals surface area contributed by atoms with E-state index in [-0.39, 0.29) is 0 Å². The van der Waals surface area contributed by atoms with Crippen LogP contribution in [-0.4, -0.2) is 24.0 Å². The molecule has 0 atom stereocenters. The van der Waals surface area contributed by atoms with Crippen LogP contribution in [0.5, 0.6) is 0 Å². The molecule has 0 unspecified atom stereocenters. The summed E-state index contributed by atoms with van der Waals surface area (Å²) in [5.74, 6) is -0.591. The zero-order valence-electron chi connectivity index (χ0n) is 13.3. The molecule has 1 aromatic heterocycles. The van der Waals surface area contributed by atoms with Gasteiger partial charge in [0.1, 0.15) is 5.57 Å². The fourth-order valence-electron chi connectivity index (χ4n) is 1.74. The van der Waals surface area contributed by atoms with Crippen LogP contribution < -0.4 is 0 Å². The van der Waals surface area contributed by atoms with E-state index in [9.17, 15) is 13.2 Å². The lowest BCUT2D eigenvalue weighted by Crippen LogP contribution is -2.16. The smallest absolute Gasteiger partial charge is 0.423 e. The summed E-state index contributed by atoms with van der Waals surface area (Å²) in [5, 5.41) is -0.440. The van der Waals surface area contributed by atoms with Crippen molar-refractivity contribution in [3.8, 4) is 0 Å². The molecule has 0 aromatic carbocycles. The molecule has 0 saturated carbocycles. The van der Waals surface area contributed by atoms with Crippen molar-refractivity contribution in [3.05, 3.63) is 52.2 Å². The Hall–Kier alpha value is -1.82. The lowest BCUT2D eigenvalue weighted by atomic mass is 10.2. The number of pyridine rings is 1. The number of hydrogen-bond acceptors (Lipinski definition) is 3. The second kappa shape index (κ2) is 8.15. The van der Waals surface area contributed by atoms with Gasteiger partial charge in [0.25, 0.3) is 0 Å². The molecule has 0 bridgehead atoms. The van der Waals surface area contributed by atoms with Gasteiger partial charge in [-0.05, 0) is 31.9 Å². The van der Waals surface area contributed by atoms with Crippen LogP contribution in [0.15, 0.2) is 45.9 Å². The van der Waals surface area contributed by atoms with Crippen molar-refractivity contribution in [1.82, 2.24) is 4.98 Å². The Kier molecular flexibility index (Phi) is 6.81. The van der Waals surface area contributed by atoms with E-state index in [1.807, 2.05) is 6.92 Å². The highest BCUT2D eigenvalue weighted by Gasteiger charge is 2.39. The Morgan fingerprint density at radius 2 is 2.04 bits per heavy atom. The maximum Gasteiger partial charge on any atom is 0.423 e. The van der Waals surface area contributed by atoms with E-state index in [2.05, 4.69) is 9.98 Å². The maximum atomic E-state index is 13.3. The van der Waals surface area contributed by atoms with Gasteiger partial charge in [-0.2, -0.15) is 13.2 Å². The number of hydrogen-bond donors (Lipinski definition) is 0. The van der Waals surface area contributed by atoms with E-state index in [1.54, 1.807) is 32.2 Å². The molecule has 1 aromatic rings. The third-order valence-electron chi connectivity index (χ3n) is 2.86. The van der Waals surface area contributed by atoms with Crippen molar-refractivity contribution in [1.29, 1.82) is 0 Å². The van der Waals surface area contributed by atoms with Gasteiger partial charge in [-0.25, -0.2) is 4.99 Å². The molecule has 23 heavy (non-hydrogen) atoms.